The third-order valence-electron chi connectivity index (χ3n) is 6.26. The number of carbonyl (C=O) groups excluding carboxylic acids is 1. The number of hydrogen-bond donors (Lipinski definition) is 1. The van der Waals surface area contributed by atoms with Gasteiger partial charge in [-0.25, -0.2) is 4.98 Å². The number of rotatable bonds is 2. The van der Waals surface area contributed by atoms with Crippen LogP contribution < -0.4 is 5.32 Å². The van der Waals surface area contributed by atoms with Crippen LogP contribution in [0.25, 0.3) is 11.0 Å². The van der Waals surface area contributed by atoms with Gasteiger partial charge in [0.2, 0.25) is 0 Å². The Kier molecular flexibility index (Phi) is 2.69. The quantitative estimate of drug-likeness (QED) is 0.922. The van der Waals surface area contributed by atoms with Gasteiger partial charge in [-0.3, -0.25) is 9.69 Å². The summed E-state index contributed by atoms with van der Waals surface area (Å²) < 4.78 is 1.98. The second-order valence-electron chi connectivity index (χ2n) is 7.44. The lowest BCUT2D eigenvalue weighted by molar-refractivity contribution is -0.00144. The molecule has 120 valence electrons. The van der Waals surface area contributed by atoms with Crippen LogP contribution in [0.3, 0.4) is 0 Å². The van der Waals surface area contributed by atoms with Crippen LogP contribution in [0.1, 0.15) is 36.0 Å². The minimum atomic E-state index is 0.0579. The van der Waals surface area contributed by atoms with Crippen LogP contribution in [-0.2, 0) is 7.05 Å². The van der Waals surface area contributed by atoms with Crippen molar-refractivity contribution in [3.63, 3.8) is 0 Å². The highest BCUT2D eigenvalue weighted by Crippen LogP contribution is 2.53. The largest absolute Gasteiger partial charge is 0.347 e. The summed E-state index contributed by atoms with van der Waals surface area (Å²) >= 11 is 0. The third kappa shape index (κ3) is 1.89. The molecule has 1 N–H and O–H groups in total. The number of amides is 1. The Hall–Kier alpha value is -1.88. The highest BCUT2D eigenvalue weighted by Gasteiger charge is 2.60. The summed E-state index contributed by atoms with van der Waals surface area (Å²) in [6, 6.07) is 6.14. The van der Waals surface area contributed by atoms with Crippen LogP contribution in [0.15, 0.2) is 24.5 Å². The Morgan fingerprint density at radius 3 is 2.83 bits per heavy atom. The number of carbonyl (C=O) groups is 1. The van der Waals surface area contributed by atoms with E-state index in [0.717, 1.165) is 16.6 Å². The van der Waals surface area contributed by atoms with Gasteiger partial charge in [-0.2, -0.15) is 0 Å². The Bertz CT molecular complexity index is 783. The lowest BCUT2D eigenvalue weighted by Gasteiger charge is -2.52. The zero-order valence-electron chi connectivity index (χ0n) is 13.5. The monoisotopic (exact) mass is 310 g/mol. The van der Waals surface area contributed by atoms with E-state index in [4.69, 9.17) is 0 Å². The summed E-state index contributed by atoms with van der Waals surface area (Å²) in [5.41, 5.74) is 2.95. The van der Waals surface area contributed by atoms with E-state index in [9.17, 15) is 4.79 Å². The van der Waals surface area contributed by atoms with Crippen molar-refractivity contribution < 1.29 is 4.79 Å². The Balaban J connectivity index is 1.42. The number of aromatic nitrogens is 2. The van der Waals surface area contributed by atoms with Gasteiger partial charge in [0.25, 0.3) is 5.91 Å². The molecule has 1 aromatic heterocycles. The van der Waals surface area contributed by atoms with E-state index >= 15 is 0 Å². The summed E-state index contributed by atoms with van der Waals surface area (Å²) in [7, 11) is 1.97. The molecular weight excluding hydrogens is 288 g/mol. The summed E-state index contributed by atoms with van der Waals surface area (Å²) in [6.07, 6.45) is 6.73. The average Bonchev–Trinajstić information content (AvgIpc) is 3.28. The van der Waals surface area contributed by atoms with Crippen molar-refractivity contribution in [3.05, 3.63) is 30.1 Å². The Labute approximate surface area is 135 Å². The predicted molar refractivity (Wildman–Crippen MR) is 88.2 cm³/mol. The molecule has 1 spiro atoms. The number of nitrogens with zero attached hydrogens (tertiary/aromatic N) is 3. The highest BCUT2D eigenvalue weighted by atomic mass is 16.1. The van der Waals surface area contributed by atoms with Crippen molar-refractivity contribution in [1.82, 2.24) is 19.8 Å². The molecule has 2 aromatic rings. The molecule has 1 atom stereocenters. The van der Waals surface area contributed by atoms with Gasteiger partial charge in [0.15, 0.2) is 0 Å². The second kappa shape index (κ2) is 4.57. The normalized spacial score (nSPS) is 30.7. The first-order valence-electron chi connectivity index (χ1n) is 8.64. The van der Waals surface area contributed by atoms with Gasteiger partial charge in [-0.15, -0.1) is 0 Å². The molecule has 4 fully saturated rings. The smallest absolute Gasteiger partial charge is 0.251 e. The molecule has 5 nitrogen and oxygen atoms in total. The van der Waals surface area contributed by atoms with Crippen LogP contribution in [0, 0.1) is 5.92 Å². The van der Waals surface area contributed by atoms with Crippen molar-refractivity contribution in [1.29, 1.82) is 0 Å². The average molecular weight is 310 g/mol. The highest BCUT2D eigenvalue weighted by molar-refractivity contribution is 5.97. The molecule has 0 radical (unpaired) electrons. The molecular formula is C18H22N4O. The van der Waals surface area contributed by atoms with Crippen molar-refractivity contribution in [2.75, 3.05) is 13.1 Å². The summed E-state index contributed by atoms with van der Waals surface area (Å²) in [5.74, 6) is 0.715. The molecule has 1 saturated carbocycles. The molecule has 4 aliphatic rings. The predicted octanol–water partition coefficient (Wildman–Crippen LogP) is 1.93. The van der Waals surface area contributed by atoms with Crippen molar-refractivity contribution in [2.24, 2.45) is 13.0 Å². The molecule has 4 heterocycles. The molecule has 3 aliphatic heterocycles. The van der Waals surface area contributed by atoms with E-state index < -0.39 is 0 Å². The zero-order valence-corrected chi connectivity index (χ0v) is 13.5. The van der Waals surface area contributed by atoms with Crippen LogP contribution in [0.2, 0.25) is 0 Å². The number of nitrogens with one attached hydrogen (secondary N) is 1. The zero-order chi connectivity index (χ0) is 15.6. The van der Waals surface area contributed by atoms with E-state index in [0.29, 0.717) is 12.0 Å². The van der Waals surface area contributed by atoms with Crippen molar-refractivity contribution in [2.45, 2.75) is 37.3 Å². The molecule has 6 rings (SSSR count). The first-order valence-corrected chi connectivity index (χ1v) is 8.64. The fourth-order valence-corrected chi connectivity index (χ4v) is 4.82. The fourth-order valence-electron chi connectivity index (χ4n) is 4.82. The number of fused-ring (bicyclic) bond motifs is 3. The molecule has 1 unspecified atom stereocenters. The topological polar surface area (TPSA) is 50.2 Å². The summed E-state index contributed by atoms with van der Waals surface area (Å²) in [5, 5.41) is 3.38. The summed E-state index contributed by atoms with van der Waals surface area (Å²) in [4.78, 5) is 19.8. The van der Waals surface area contributed by atoms with Gasteiger partial charge in [0.05, 0.1) is 23.4 Å². The van der Waals surface area contributed by atoms with Crippen LogP contribution >= 0.6 is 0 Å². The van der Waals surface area contributed by atoms with E-state index in [1.807, 2.05) is 29.8 Å². The molecule has 2 bridgehead atoms. The molecule has 1 amide bonds. The van der Waals surface area contributed by atoms with Gasteiger partial charge >= 0.3 is 0 Å². The first-order chi connectivity index (χ1) is 11.2. The number of aryl methyl sites for hydroxylation is 1. The van der Waals surface area contributed by atoms with E-state index in [1.54, 1.807) is 6.33 Å². The maximum absolute atomic E-state index is 12.8. The lowest BCUT2D eigenvalue weighted by Crippen LogP contribution is -2.65. The van der Waals surface area contributed by atoms with Gasteiger partial charge < -0.3 is 9.88 Å². The maximum Gasteiger partial charge on any atom is 0.251 e. The van der Waals surface area contributed by atoms with Crippen LogP contribution in [0.5, 0.6) is 0 Å². The maximum atomic E-state index is 12.8. The number of piperidine rings is 3. The van der Waals surface area contributed by atoms with Gasteiger partial charge in [0, 0.05) is 18.2 Å². The second-order valence-corrected chi connectivity index (χ2v) is 7.44. The van der Waals surface area contributed by atoms with Gasteiger partial charge in [0.1, 0.15) is 0 Å². The molecule has 3 saturated heterocycles. The minimum absolute atomic E-state index is 0.0579. The molecule has 23 heavy (non-hydrogen) atoms. The van der Waals surface area contributed by atoms with Crippen LogP contribution in [-0.4, -0.2) is 45.0 Å². The van der Waals surface area contributed by atoms with Crippen molar-refractivity contribution >= 4 is 16.9 Å². The van der Waals surface area contributed by atoms with E-state index in [1.165, 1.54) is 38.8 Å². The number of benzene rings is 1. The Morgan fingerprint density at radius 1 is 1.30 bits per heavy atom. The molecule has 5 heteroatoms. The van der Waals surface area contributed by atoms with Crippen molar-refractivity contribution in [3.8, 4) is 0 Å². The Morgan fingerprint density at radius 2 is 2.09 bits per heavy atom. The lowest BCUT2D eigenvalue weighted by atomic mass is 9.77. The third-order valence-corrected chi connectivity index (χ3v) is 6.26. The van der Waals surface area contributed by atoms with E-state index in [2.05, 4.69) is 15.2 Å². The van der Waals surface area contributed by atoms with Gasteiger partial charge in [-0.1, -0.05) is 0 Å². The van der Waals surface area contributed by atoms with Crippen LogP contribution in [0.4, 0.5) is 0 Å². The summed E-state index contributed by atoms with van der Waals surface area (Å²) in [6.45, 7) is 2.44. The minimum Gasteiger partial charge on any atom is -0.347 e. The molecule has 1 aromatic carbocycles. The van der Waals surface area contributed by atoms with Gasteiger partial charge in [-0.05, 0) is 62.9 Å². The fraction of sp³-hybridized carbons (Fsp3) is 0.556. The molecule has 1 aliphatic carbocycles. The SMILES string of the molecule is Cn1cnc2cc(C(=O)NC3C4CCN(CC4)C34CC4)ccc21. The standard InChI is InChI=1S/C18H22N4O/c1-21-11-19-14-10-13(2-3-15(14)21)17(23)20-16-12-4-8-22(9-5-12)18(16)6-7-18/h2-3,10-12,16H,4-9H2,1H3,(H,20,23). The first kappa shape index (κ1) is 13.5. The number of imidazole rings is 1. The number of hydrogen-bond acceptors (Lipinski definition) is 3. The van der Waals surface area contributed by atoms with E-state index in [-0.39, 0.29) is 11.4 Å².